The lowest BCUT2D eigenvalue weighted by atomic mass is 10.2. The van der Waals surface area contributed by atoms with Gasteiger partial charge in [-0.25, -0.2) is 0 Å². The molecule has 0 aliphatic heterocycles. The van der Waals surface area contributed by atoms with E-state index in [1.165, 1.54) is 0 Å². The van der Waals surface area contributed by atoms with E-state index in [4.69, 9.17) is 12.2 Å². The molecule has 2 N–H and O–H groups in total. The Morgan fingerprint density at radius 1 is 1.26 bits per heavy atom. The summed E-state index contributed by atoms with van der Waals surface area (Å²) in [6.07, 6.45) is 5.08. The fourth-order valence-corrected chi connectivity index (χ4v) is 1.89. The largest absolute Gasteiger partial charge is 0.330 e. The number of nitrogens with one attached hydrogen (secondary N) is 2. The van der Waals surface area contributed by atoms with Crippen molar-refractivity contribution in [3.63, 3.8) is 0 Å². The van der Waals surface area contributed by atoms with Gasteiger partial charge in [-0.2, -0.15) is 5.10 Å². The molecule has 96 valence electrons. The first-order valence-corrected chi connectivity index (χ1v) is 6.70. The Balaban J connectivity index is 1.89. The standard InChI is InChI=1S/C13H11BrN4S/c14-12-6-2-1-4-10(12)8-16-18-13(19)17-11-5-3-7-15-9-11/h1-9H,(H2,17,18,19)/b16-8-. The molecular weight excluding hydrogens is 324 g/mol. The Labute approximate surface area is 125 Å². The lowest BCUT2D eigenvalue weighted by Gasteiger charge is -2.05. The van der Waals surface area contributed by atoms with Crippen molar-refractivity contribution in [1.82, 2.24) is 10.4 Å². The molecule has 0 saturated heterocycles. The van der Waals surface area contributed by atoms with Gasteiger partial charge in [0.25, 0.3) is 0 Å². The number of anilines is 1. The number of halogens is 1. The summed E-state index contributed by atoms with van der Waals surface area (Å²) in [6.45, 7) is 0. The Hall–Kier alpha value is -1.79. The quantitative estimate of drug-likeness (QED) is 0.514. The second-order valence-corrected chi connectivity index (χ2v) is 4.85. The van der Waals surface area contributed by atoms with Gasteiger partial charge >= 0.3 is 0 Å². The van der Waals surface area contributed by atoms with Crippen LogP contribution in [0.25, 0.3) is 0 Å². The number of aromatic nitrogens is 1. The highest BCUT2D eigenvalue weighted by Crippen LogP contribution is 2.13. The molecule has 2 aromatic rings. The highest BCUT2D eigenvalue weighted by molar-refractivity contribution is 9.10. The molecule has 2 rings (SSSR count). The van der Waals surface area contributed by atoms with Crippen LogP contribution < -0.4 is 10.7 Å². The average molecular weight is 335 g/mol. The van der Waals surface area contributed by atoms with Crippen molar-refractivity contribution in [3.8, 4) is 0 Å². The first-order chi connectivity index (χ1) is 9.25. The molecule has 1 heterocycles. The van der Waals surface area contributed by atoms with Gasteiger partial charge in [-0.1, -0.05) is 34.1 Å². The van der Waals surface area contributed by atoms with E-state index in [1.54, 1.807) is 18.6 Å². The van der Waals surface area contributed by atoms with E-state index in [0.29, 0.717) is 5.11 Å². The molecule has 19 heavy (non-hydrogen) atoms. The van der Waals surface area contributed by atoms with E-state index in [-0.39, 0.29) is 0 Å². The van der Waals surface area contributed by atoms with Crippen molar-refractivity contribution >= 4 is 45.2 Å². The number of rotatable bonds is 3. The number of thiocarbonyl (C=S) groups is 1. The third-order valence-corrected chi connectivity index (χ3v) is 3.11. The van der Waals surface area contributed by atoms with E-state index in [0.717, 1.165) is 15.7 Å². The predicted molar refractivity (Wildman–Crippen MR) is 85.3 cm³/mol. The fraction of sp³-hybridized carbons (Fsp3) is 0. The summed E-state index contributed by atoms with van der Waals surface area (Å²) in [5.41, 5.74) is 4.54. The van der Waals surface area contributed by atoms with Crippen molar-refractivity contribution in [2.75, 3.05) is 5.32 Å². The SMILES string of the molecule is S=C(N/N=C\c1ccccc1Br)Nc1cccnc1. The summed E-state index contributed by atoms with van der Waals surface area (Å²) in [5.74, 6) is 0. The van der Waals surface area contributed by atoms with Gasteiger partial charge in [0.05, 0.1) is 18.1 Å². The van der Waals surface area contributed by atoms with E-state index in [2.05, 4.69) is 36.8 Å². The Morgan fingerprint density at radius 2 is 2.11 bits per heavy atom. The van der Waals surface area contributed by atoms with Crippen LogP contribution in [-0.2, 0) is 0 Å². The minimum absolute atomic E-state index is 0.413. The molecule has 4 nitrogen and oxygen atoms in total. The molecule has 0 aliphatic carbocycles. The number of hydrogen-bond donors (Lipinski definition) is 2. The molecule has 0 atom stereocenters. The summed E-state index contributed by atoms with van der Waals surface area (Å²) in [7, 11) is 0. The summed E-state index contributed by atoms with van der Waals surface area (Å²) in [6, 6.07) is 11.5. The molecular formula is C13H11BrN4S. The van der Waals surface area contributed by atoms with Crippen LogP contribution in [0.1, 0.15) is 5.56 Å². The van der Waals surface area contributed by atoms with Crippen LogP contribution in [0.3, 0.4) is 0 Å². The number of hydrazone groups is 1. The zero-order valence-electron chi connectivity index (χ0n) is 9.88. The average Bonchev–Trinajstić information content (AvgIpc) is 2.42. The fourth-order valence-electron chi connectivity index (χ4n) is 1.34. The van der Waals surface area contributed by atoms with Gasteiger partial charge in [0, 0.05) is 16.2 Å². The van der Waals surface area contributed by atoms with E-state index in [9.17, 15) is 0 Å². The Kier molecular flexibility index (Phi) is 5.00. The Morgan fingerprint density at radius 3 is 2.84 bits per heavy atom. The number of pyridine rings is 1. The van der Waals surface area contributed by atoms with Gasteiger partial charge in [0.15, 0.2) is 5.11 Å². The van der Waals surface area contributed by atoms with Crippen molar-refractivity contribution in [3.05, 3.63) is 58.8 Å². The summed E-state index contributed by atoms with van der Waals surface area (Å²) in [5, 5.41) is 7.46. The predicted octanol–water partition coefficient (Wildman–Crippen LogP) is 3.16. The first kappa shape index (κ1) is 13.6. The van der Waals surface area contributed by atoms with Gasteiger partial charge in [-0.3, -0.25) is 10.4 Å². The number of hydrogen-bond acceptors (Lipinski definition) is 3. The molecule has 6 heteroatoms. The van der Waals surface area contributed by atoms with Crippen LogP contribution in [0.5, 0.6) is 0 Å². The number of benzene rings is 1. The van der Waals surface area contributed by atoms with E-state index in [1.807, 2.05) is 36.4 Å². The third-order valence-electron chi connectivity index (χ3n) is 2.19. The van der Waals surface area contributed by atoms with Crippen molar-refractivity contribution in [2.45, 2.75) is 0 Å². The smallest absolute Gasteiger partial charge is 0.191 e. The summed E-state index contributed by atoms with van der Waals surface area (Å²) < 4.78 is 0.978. The topological polar surface area (TPSA) is 49.3 Å². The maximum absolute atomic E-state index is 5.11. The van der Waals surface area contributed by atoms with Crippen molar-refractivity contribution in [1.29, 1.82) is 0 Å². The highest BCUT2D eigenvalue weighted by atomic mass is 79.9. The molecule has 0 unspecified atom stereocenters. The minimum atomic E-state index is 0.413. The second-order valence-electron chi connectivity index (χ2n) is 3.59. The lowest BCUT2D eigenvalue weighted by Crippen LogP contribution is -2.23. The van der Waals surface area contributed by atoms with Crippen LogP contribution in [0.2, 0.25) is 0 Å². The van der Waals surface area contributed by atoms with Crippen molar-refractivity contribution in [2.24, 2.45) is 5.10 Å². The Bertz CT molecular complexity index is 586. The maximum atomic E-state index is 5.11. The molecule has 0 amide bonds. The van der Waals surface area contributed by atoms with Gasteiger partial charge in [-0.15, -0.1) is 0 Å². The molecule has 0 spiro atoms. The van der Waals surface area contributed by atoms with E-state index >= 15 is 0 Å². The van der Waals surface area contributed by atoms with Crippen LogP contribution in [0, 0.1) is 0 Å². The molecule has 0 aliphatic rings. The van der Waals surface area contributed by atoms with Gasteiger partial charge in [-0.05, 0) is 30.4 Å². The van der Waals surface area contributed by atoms with Gasteiger partial charge in [0.1, 0.15) is 0 Å². The maximum Gasteiger partial charge on any atom is 0.191 e. The molecule has 0 bridgehead atoms. The van der Waals surface area contributed by atoms with Gasteiger partial charge in [0.2, 0.25) is 0 Å². The number of nitrogens with zero attached hydrogens (tertiary/aromatic N) is 2. The van der Waals surface area contributed by atoms with Crippen LogP contribution in [0.15, 0.2) is 58.4 Å². The zero-order valence-corrected chi connectivity index (χ0v) is 12.3. The molecule has 1 aromatic carbocycles. The monoisotopic (exact) mass is 334 g/mol. The normalized spacial score (nSPS) is 10.4. The van der Waals surface area contributed by atoms with E-state index < -0.39 is 0 Å². The minimum Gasteiger partial charge on any atom is -0.330 e. The summed E-state index contributed by atoms with van der Waals surface area (Å²) in [4.78, 5) is 3.98. The third kappa shape index (κ3) is 4.42. The zero-order chi connectivity index (χ0) is 13.5. The molecule has 1 aromatic heterocycles. The molecule has 0 radical (unpaired) electrons. The highest BCUT2D eigenvalue weighted by Gasteiger charge is 1.96. The molecule has 0 fully saturated rings. The van der Waals surface area contributed by atoms with Crippen LogP contribution in [-0.4, -0.2) is 16.3 Å². The first-order valence-electron chi connectivity index (χ1n) is 5.50. The molecule has 0 saturated carbocycles. The van der Waals surface area contributed by atoms with Crippen molar-refractivity contribution < 1.29 is 0 Å². The van der Waals surface area contributed by atoms with Crippen LogP contribution >= 0.6 is 28.1 Å². The summed E-state index contributed by atoms with van der Waals surface area (Å²) >= 11 is 8.55. The second kappa shape index (κ2) is 6.96. The lowest BCUT2D eigenvalue weighted by molar-refractivity contribution is 1.05. The van der Waals surface area contributed by atoms with Crippen LogP contribution in [0.4, 0.5) is 5.69 Å². The van der Waals surface area contributed by atoms with Gasteiger partial charge < -0.3 is 5.32 Å².